The first-order valence-electron chi connectivity index (χ1n) is 0. The normalized spacial score (nSPS) is 0. The summed E-state index contributed by atoms with van der Waals surface area (Å²) < 4.78 is 0. The Morgan fingerprint density at radius 1 is 1.00 bits per heavy atom. The summed E-state index contributed by atoms with van der Waals surface area (Å²) in [4.78, 5) is 0. The zero-order valence-corrected chi connectivity index (χ0v) is 5.24. The number of hydrogen-bond donors (Lipinski definition) is 0. The third-order valence-corrected chi connectivity index (χ3v) is 0. The molecule has 0 aromatic heterocycles. The van der Waals surface area contributed by atoms with Crippen molar-refractivity contribution in [3.63, 3.8) is 0 Å². The van der Waals surface area contributed by atoms with Crippen molar-refractivity contribution in [3.8, 4) is 0 Å². The molecule has 0 heterocycles. The van der Waals surface area contributed by atoms with E-state index in [-0.39, 0.29) is 57.9 Å². The molecular formula is H12GeOSiSn. The zero-order chi connectivity index (χ0) is 0. The second kappa shape index (κ2) is 24.3. The molecule has 1 nitrogen and oxygen atoms in total. The van der Waals surface area contributed by atoms with Gasteiger partial charge in [-0.15, -0.1) is 0 Å². The SMILES string of the molecule is O.[GeH4].[SiH4].[SnH2]. The summed E-state index contributed by atoms with van der Waals surface area (Å²) in [7, 11) is 0. The van der Waals surface area contributed by atoms with E-state index >= 15 is 0 Å². The molecule has 4 heteroatoms. The van der Waals surface area contributed by atoms with E-state index in [1.807, 2.05) is 0 Å². The molecule has 0 aliphatic rings. The maximum atomic E-state index is 0. The second-order valence-corrected chi connectivity index (χ2v) is 0. The molecule has 0 atom stereocenters. The summed E-state index contributed by atoms with van der Waals surface area (Å²) in [6, 6.07) is 0. The predicted molar refractivity (Wildman–Crippen MR) is 34.8 cm³/mol. The minimum absolute atomic E-state index is 0. The molecule has 0 saturated carbocycles. The Kier molecular flexibility index (Phi) is 296. The van der Waals surface area contributed by atoms with Crippen molar-refractivity contribution >= 4 is 52.5 Å². The second-order valence-electron chi connectivity index (χ2n) is 0. The van der Waals surface area contributed by atoms with Crippen molar-refractivity contribution in [2.75, 3.05) is 0 Å². The van der Waals surface area contributed by atoms with Gasteiger partial charge in [-0.25, -0.2) is 0 Å². The van der Waals surface area contributed by atoms with Gasteiger partial charge in [-0.2, -0.15) is 0 Å². The van der Waals surface area contributed by atoms with Gasteiger partial charge >= 0.3 is 41.5 Å². The van der Waals surface area contributed by atoms with Gasteiger partial charge in [0, 0.05) is 0 Å². The van der Waals surface area contributed by atoms with Crippen LogP contribution in [0.4, 0.5) is 0 Å². The molecule has 2 N–H and O–H groups in total. The number of hydrogen-bond acceptors (Lipinski definition) is 0. The molecule has 0 aliphatic carbocycles. The van der Waals surface area contributed by atoms with Crippen LogP contribution >= 0.6 is 0 Å². The quantitative estimate of drug-likeness (QED) is 0.386. The van der Waals surface area contributed by atoms with E-state index in [4.69, 9.17) is 0 Å². The van der Waals surface area contributed by atoms with Gasteiger partial charge in [0.1, 0.15) is 0 Å². The van der Waals surface area contributed by atoms with Crippen molar-refractivity contribution in [1.29, 1.82) is 0 Å². The van der Waals surface area contributed by atoms with Crippen LogP contribution in [-0.2, 0) is 0 Å². The molecule has 0 amide bonds. The molecule has 0 aromatic carbocycles. The zero-order valence-electron chi connectivity index (χ0n) is 1.21. The van der Waals surface area contributed by atoms with E-state index in [1.54, 1.807) is 0 Å². The molecule has 30 valence electrons. The monoisotopic (exact) mass is 250 g/mol. The molecule has 0 spiro atoms. The van der Waals surface area contributed by atoms with Crippen LogP contribution in [0.2, 0.25) is 0 Å². The molecule has 0 unspecified atom stereocenters. The van der Waals surface area contributed by atoms with Crippen molar-refractivity contribution in [2.24, 2.45) is 0 Å². The topological polar surface area (TPSA) is 31.5 Å². The molecular weight excluding hydrogens is 235 g/mol. The van der Waals surface area contributed by atoms with Crippen LogP contribution < -0.4 is 0 Å². The Morgan fingerprint density at radius 3 is 1.00 bits per heavy atom. The first-order valence-corrected chi connectivity index (χ1v) is 0. The van der Waals surface area contributed by atoms with Gasteiger partial charge < -0.3 is 5.48 Å². The molecule has 0 bridgehead atoms. The molecule has 0 fully saturated rings. The molecule has 0 aliphatic heterocycles. The standard InChI is InChI=1S/GeH4.H2O.H4Si.Sn.2H/h1H4;1H2;1H4;;;. The first kappa shape index (κ1) is 48.9. The van der Waals surface area contributed by atoms with Crippen LogP contribution in [0.25, 0.3) is 0 Å². The molecule has 2 radical (unpaired) electrons. The summed E-state index contributed by atoms with van der Waals surface area (Å²) in [6.07, 6.45) is 0. The molecule has 4 heavy (non-hydrogen) atoms. The molecule has 0 aromatic rings. The minimum atomic E-state index is 0. The summed E-state index contributed by atoms with van der Waals surface area (Å²) in [6.45, 7) is 0. The first-order chi connectivity index (χ1) is 0. The number of rotatable bonds is 0. The van der Waals surface area contributed by atoms with Crippen LogP contribution in [0.1, 0.15) is 0 Å². The Balaban J connectivity index is 0. The van der Waals surface area contributed by atoms with Crippen LogP contribution in [0, 0.1) is 0 Å². The fourth-order valence-electron chi connectivity index (χ4n) is 0. The van der Waals surface area contributed by atoms with Gasteiger partial charge in [0.25, 0.3) is 0 Å². The summed E-state index contributed by atoms with van der Waals surface area (Å²) in [5, 5.41) is 0. The van der Waals surface area contributed by atoms with Gasteiger partial charge in [-0.3, -0.25) is 0 Å². The van der Waals surface area contributed by atoms with Crippen LogP contribution in [-0.4, -0.2) is 57.9 Å². The van der Waals surface area contributed by atoms with Crippen LogP contribution in [0.15, 0.2) is 0 Å². The van der Waals surface area contributed by atoms with E-state index in [1.165, 1.54) is 0 Å². The van der Waals surface area contributed by atoms with Gasteiger partial charge in [0.2, 0.25) is 0 Å². The predicted octanol–water partition coefficient (Wildman–Crippen LogP) is -4.64. The van der Waals surface area contributed by atoms with Gasteiger partial charge in [0.05, 0.1) is 0 Å². The van der Waals surface area contributed by atoms with Crippen molar-refractivity contribution in [1.82, 2.24) is 0 Å². The fourth-order valence-corrected chi connectivity index (χ4v) is 0. The van der Waals surface area contributed by atoms with E-state index in [2.05, 4.69) is 0 Å². The van der Waals surface area contributed by atoms with Gasteiger partial charge in [-0.05, 0) is 11.0 Å². The van der Waals surface area contributed by atoms with E-state index in [0.29, 0.717) is 0 Å². The Bertz CT molecular complexity index is 8.00. The van der Waals surface area contributed by atoms with Crippen LogP contribution in [0.3, 0.4) is 0 Å². The molecule has 0 saturated heterocycles. The fraction of sp³-hybridized carbons (Fsp3) is 0. The maximum absolute atomic E-state index is 0. The van der Waals surface area contributed by atoms with Crippen LogP contribution in [0.5, 0.6) is 0 Å². The third-order valence-electron chi connectivity index (χ3n) is 0. The van der Waals surface area contributed by atoms with Crippen molar-refractivity contribution < 1.29 is 5.48 Å². The average Bonchev–Trinajstić information content (AvgIpc) is 0. The van der Waals surface area contributed by atoms with Crippen molar-refractivity contribution in [3.05, 3.63) is 0 Å². The van der Waals surface area contributed by atoms with Gasteiger partial charge in [-0.1, -0.05) is 0 Å². The summed E-state index contributed by atoms with van der Waals surface area (Å²) in [5.41, 5.74) is 0. The Hall–Kier alpha value is 1.52. The van der Waals surface area contributed by atoms with E-state index in [0.717, 1.165) is 0 Å². The molecule has 0 rings (SSSR count). The third kappa shape index (κ3) is 9.68. The van der Waals surface area contributed by atoms with E-state index in [9.17, 15) is 0 Å². The summed E-state index contributed by atoms with van der Waals surface area (Å²) >= 11 is 0. The average molecular weight is 248 g/mol. The summed E-state index contributed by atoms with van der Waals surface area (Å²) in [5.74, 6) is 0. The van der Waals surface area contributed by atoms with Gasteiger partial charge in [0.15, 0.2) is 0 Å². The van der Waals surface area contributed by atoms with Crippen molar-refractivity contribution in [2.45, 2.75) is 0 Å². The van der Waals surface area contributed by atoms with E-state index < -0.39 is 0 Å². The Labute approximate surface area is 57.8 Å². The Morgan fingerprint density at radius 2 is 1.00 bits per heavy atom.